The van der Waals surface area contributed by atoms with Crippen LogP contribution in [0.4, 0.5) is 5.13 Å². The SMILES string of the molecule is CCN(CC)c1ncc(/C=N\n2c(=S)[nH]c3ccccc3c2=O)s1. The zero-order valence-electron chi connectivity index (χ0n) is 13.4. The summed E-state index contributed by atoms with van der Waals surface area (Å²) in [7, 11) is 0. The molecule has 124 valence electrons. The Hall–Kier alpha value is -2.32. The third kappa shape index (κ3) is 3.15. The van der Waals surface area contributed by atoms with E-state index in [1.54, 1.807) is 18.5 Å². The molecule has 0 aliphatic rings. The van der Waals surface area contributed by atoms with Gasteiger partial charge in [-0.05, 0) is 38.2 Å². The van der Waals surface area contributed by atoms with Gasteiger partial charge < -0.3 is 9.88 Å². The number of aromatic nitrogens is 3. The van der Waals surface area contributed by atoms with Gasteiger partial charge in [-0.1, -0.05) is 23.5 Å². The second-order valence-corrected chi connectivity index (χ2v) is 6.48. The molecule has 24 heavy (non-hydrogen) atoms. The van der Waals surface area contributed by atoms with Gasteiger partial charge in [-0.15, -0.1) is 0 Å². The standard InChI is InChI=1S/C16H17N5OS2/c1-3-20(4-2)16-17-9-11(24-16)10-18-21-14(22)12-7-5-6-8-13(12)19-15(21)23/h5-10H,3-4H2,1-2H3,(H,19,23)/b18-10-. The molecule has 0 aliphatic heterocycles. The molecule has 0 bridgehead atoms. The van der Waals surface area contributed by atoms with E-state index in [4.69, 9.17) is 12.2 Å². The Bertz CT molecular complexity index is 997. The summed E-state index contributed by atoms with van der Waals surface area (Å²) < 4.78 is 1.47. The Morgan fingerprint density at radius 3 is 2.88 bits per heavy atom. The lowest BCUT2D eigenvalue weighted by Crippen LogP contribution is -2.21. The Balaban J connectivity index is 1.97. The molecule has 0 radical (unpaired) electrons. The highest BCUT2D eigenvalue weighted by Crippen LogP contribution is 2.20. The van der Waals surface area contributed by atoms with E-state index in [2.05, 4.69) is 33.8 Å². The molecule has 0 fully saturated rings. The van der Waals surface area contributed by atoms with Crippen LogP contribution in [0.5, 0.6) is 0 Å². The van der Waals surface area contributed by atoms with E-state index in [1.165, 1.54) is 16.0 Å². The largest absolute Gasteiger partial charge is 0.349 e. The van der Waals surface area contributed by atoms with Crippen molar-refractivity contribution in [2.24, 2.45) is 5.10 Å². The van der Waals surface area contributed by atoms with Gasteiger partial charge in [-0.25, -0.2) is 4.98 Å². The molecule has 2 aromatic heterocycles. The average Bonchev–Trinajstić information content (AvgIpc) is 3.04. The normalized spacial score (nSPS) is 11.4. The number of hydrogen-bond donors (Lipinski definition) is 1. The van der Waals surface area contributed by atoms with Gasteiger partial charge in [0, 0.05) is 19.3 Å². The number of fused-ring (bicyclic) bond motifs is 1. The van der Waals surface area contributed by atoms with Crippen LogP contribution in [0.25, 0.3) is 10.9 Å². The fourth-order valence-electron chi connectivity index (χ4n) is 2.35. The number of aromatic amines is 1. The van der Waals surface area contributed by atoms with Crippen LogP contribution < -0.4 is 10.5 Å². The molecule has 0 aliphatic carbocycles. The van der Waals surface area contributed by atoms with Gasteiger partial charge in [-0.2, -0.15) is 9.78 Å². The maximum absolute atomic E-state index is 12.5. The van der Waals surface area contributed by atoms with E-state index in [1.807, 2.05) is 18.2 Å². The molecule has 8 heteroatoms. The summed E-state index contributed by atoms with van der Waals surface area (Å²) >= 11 is 6.77. The van der Waals surface area contributed by atoms with Crippen molar-refractivity contribution in [3.05, 3.63) is 50.5 Å². The summed E-state index contributed by atoms with van der Waals surface area (Å²) in [6.07, 6.45) is 3.37. The van der Waals surface area contributed by atoms with E-state index in [9.17, 15) is 4.79 Å². The van der Waals surface area contributed by atoms with Crippen molar-refractivity contribution < 1.29 is 0 Å². The molecule has 3 aromatic rings. The minimum absolute atomic E-state index is 0.237. The molecule has 0 spiro atoms. The summed E-state index contributed by atoms with van der Waals surface area (Å²) in [5.41, 5.74) is 0.472. The quantitative estimate of drug-likeness (QED) is 0.561. The molecule has 0 saturated carbocycles. The van der Waals surface area contributed by atoms with Gasteiger partial charge in [0.25, 0.3) is 5.56 Å². The summed E-state index contributed by atoms with van der Waals surface area (Å²) in [5.74, 6) is 0. The molecular weight excluding hydrogens is 342 g/mol. The van der Waals surface area contributed by atoms with Gasteiger partial charge in [-0.3, -0.25) is 4.79 Å². The van der Waals surface area contributed by atoms with Crippen LogP contribution in [-0.2, 0) is 0 Å². The van der Waals surface area contributed by atoms with E-state index in [-0.39, 0.29) is 10.3 Å². The summed E-state index contributed by atoms with van der Waals surface area (Å²) in [4.78, 5) is 23.0. The summed E-state index contributed by atoms with van der Waals surface area (Å²) in [6.45, 7) is 5.98. The van der Waals surface area contributed by atoms with Gasteiger partial charge in [0.1, 0.15) is 0 Å². The highest BCUT2D eigenvalue weighted by atomic mass is 32.1. The van der Waals surface area contributed by atoms with E-state index >= 15 is 0 Å². The topological polar surface area (TPSA) is 66.3 Å². The first-order valence-corrected chi connectivity index (χ1v) is 8.85. The maximum atomic E-state index is 12.5. The first-order valence-electron chi connectivity index (χ1n) is 7.63. The van der Waals surface area contributed by atoms with Crippen LogP contribution in [0.3, 0.4) is 0 Å². The van der Waals surface area contributed by atoms with Crippen LogP contribution in [0.15, 0.2) is 40.4 Å². The minimum Gasteiger partial charge on any atom is -0.349 e. The van der Waals surface area contributed by atoms with Crippen LogP contribution in [0.1, 0.15) is 18.7 Å². The van der Waals surface area contributed by atoms with Crippen LogP contribution >= 0.6 is 23.6 Å². The number of H-pyrrole nitrogens is 1. The van der Waals surface area contributed by atoms with Crippen molar-refractivity contribution in [3.63, 3.8) is 0 Å². The van der Waals surface area contributed by atoms with Crippen molar-refractivity contribution in [3.8, 4) is 0 Å². The Kier molecular flexibility index (Phi) is 4.86. The molecule has 3 rings (SSSR count). The second-order valence-electron chi connectivity index (χ2n) is 5.05. The smallest absolute Gasteiger partial charge is 0.282 e. The molecule has 6 nitrogen and oxygen atoms in total. The van der Waals surface area contributed by atoms with E-state index in [0.717, 1.165) is 23.1 Å². The first kappa shape index (κ1) is 16.5. The number of anilines is 1. The number of para-hydroxylation sites is 1. The van der Waals surface area contributed by atoms with Crippen molar-refractivity contribution in [2.75, 3.05) is 18.0 Å². The molecule has 1 aromatic carbocycles. The highest BCUT2D eigenvalue weighted by molar-refractivity contribution is 7.71. The number of hydrogen-bond acceptors (Lipinski definition) is 6. The van der Waals surface area contributed by atoms with Crippen LogP contribution in [-0.4, -0.2) is 33.9 Å². The predicted octanol–water partition coefficient (Wildman–Crippen LogP) is 3.24. The Morgan fingerprint density at radius 2 is 2.12 bits per heavy atom. The predicted molar refractivity (Wildman–Crippen MR) is 102 cm³/mol. The zero-order valence-corrected chi connectivity index (χ0v) is 15.0. The highest BCUT2D eigenvalue weighted by Gasteiger charge is 2.07. The van der Waals surface area contributed by atoms with Crippen molar-refractivity contribution in [1.29, 1.82) is 0 Å². The lowest BCUT2D eigenvalue weighted by atomic mass is 10.2. The molecule has 0 saturated heterocycles. The first-order chi connectivity index (χ1) is 11.6. The number of benzene rings is 1. The third-order valence-electron chi connectivity index (χ3n) is 3.63. The van der Waals surface area contributed by atoms with Crippen molar-refractivity contribution in [1.82, 2.24) is 14.6 Å². The average molecular weight is 359 g/mol. The molecule has 0 atom stereocenters. The fourth-order valence-corrected chi connectivity index (χ4v) is 3.50. The van der Waals surface area contributed by atoms with Crippen LogP contribution in [0.2, 0.25) is 0 Å². The number of rotatable bonds is 5. The summed E-state index contributed by atoms with van der Waals surface area (Å²) in [5, 5.41) is 5.74. The Labute approximate surface area is 148 Å². The molecule has 1 N–H and O–H groups in total. The maximum Gasteiger partial charge on any atom is 0.282 e. The van der Waals surface area contributed by atoms with E-state index < -0.39 is 0 Å². The van der Waals surface area contributed by atoms with Gasteiger partial charge in [0.05, 0.1) is 22.0 Å². The van der Waals surface area contributed by atoms with Gasteiger partial charge >= 0.3 is 0 Å². The van der Waals surface area contributed by atoms with Crippen molar-refractivity contribution >= 4 is 45.8 Å². The van der Waals surface area contributed by atoms with Gasteiger partial charge in [0.15, 0.2) is 5.13 Å². The molecule has 0 amide bonds. The lowest BCUT2D eigenvalue weighted by molar-refractivity contribution is 0.800. The number of nitrogens with one attached hydrogen (secondary N) is 1. The zero-order chi connectivity index (χ0) is 17.1. The number of nitrogens with zero attached hydrogens (tertiary/aromatic N) is 4. The monoisotopic (exact) mass is 359 g/mol. The van der Waals surface area contributed by atoms with Crippen molar-refractivity contribution in [2.45, 2.75) is 13.8 Å². The second kappa shape index (κ2) is 7.06. The number of thiazole rings is 1. The third-order valence-corrected chi connectivity index (χ3v) is 4.90. The van der Waals surface area contributed by atoms with E-state index in [0.29, 0.717) is 10.9 Å². The molecule has 2 heterocycles. The minimum atomic E-state index is -0.237. The Morgan fingerprint density at radius 1 is 1.38 bits per heavy atom. The molecular formula is C16H17N5OS2. The molecule has 0 unspecified atom stereocenters. The van der Waals surface area contributed by atoms with Crippen LogP contribution in [0, 0.1) is 4.77 Å². The van der Waals surface area contributed by atoms with Gasteiger partial charge in [0.2, 0.25) is 4.77 Å². The lowest BCUT2D eigenvalue weighted by Gasteiger charge is -2.16. The summed E-state index contributed by atoms with van der Waals surface area (Å²) in [6, 6.07) is 7.24. The fraction of sp³-hybridized carbons (Fsp3) is 0.250.